The summed E-state index contributed by atoms with van der Waals surface area (Å²) in [6.45, 7) is 7.98. The van der Waals surface area contributed by atoms with Gasteiger partial charge in [0.15, 0.2) is 16.9 Å². The molecule has 2 aliphatic rings. The lowest BCUT2D eigenvalue weighted by Crippen LogP contribution is -2.45. The maximum absolute atomic E-state index is 6.24. The van der Waals surface area contributed by atoms with Gasteiger partial charge in [-0.25, -0.2) is 29.3 Å². The van der Waals surface area contributed by atoms with Crippen molar-refractivity contribution in [1.82, 2.24) is 54.3 Å². The summed E-state index contributed by atoms with van der Waals surface area (Å²) in [6, 6.07) is 13.2. The Hall–Kier alpha value is -4.94. The van der Waals surface area contributed by atoms with Gasteiger partial charge >= 0.3 is 0 Å². The van der Waals surface area contributed by atoms with Crippen LogP contribution in [0.25, 0.3) is 44.4 Å². The van der Waals surface area contributed by atoms with Crippen LogP contribution in [0, 0.1) is 17.5 Å². The van der Waals surface area contributed by atoms with E-state index in [1.165, 1.54) is 12.7 Å². The van der Waals surface area contributed by atoms with Crippen LogP contribution in [-0.4, -0.2) is 94.6 Å². The molecule has 2 aliphatic heterocycles. The topological polar surface area (TPSA) is 184 Å². The number of likely N-dealkylation sites (N-methyl/N-ethyl adjacent to an activating group) is 2. The number of aromatic nitrogens is 9. The molecule has 0 unspecified atom stereocenters. The van der Waals surface area contributed by atoms with E-state index in [-0.39, 0.29) is 6.04 Å². The fourth-order valence-electron chi connectivity index (χ4n) is 6.57. The van der Waals surface area contributed by atoms with Gasteiger partial charge < -0.3 is 31.0 Å². The van der Waals surface area contributed by atoms with Gasteiger partial charge in [-0.1, -0.05) is 18.2 Å². The molecule has 5 aromatic heterocycles. The smallest absolute Gasteiger partial charge is 0.300 e. The Balaban J connectivity index is 0.000000182. The van der Waals surface area contributed by atoms with E-state index in [2.05, 4.69) is 94.8 Å². The van der Waals surface area contributed by atoms with Gasteiger partial charge in [-0.2, -0.15) is 15.2 Å². The second kappa shape index (κ2) is 12.2. The predicted octanol–water partition coefficient (Wildman–Crippen LogP) is 4.56. The minimum absolute atomic E-state index is 0.285. The van der Waals surface area contributed by atoms with Crippen molar-refractivity contribution >= 4 is 79.1 Å². The number of aryl methyl sites for hydroxylation is 2. The van der Waals surface area contributed by atoms with E-state index >= 15 is 0 Å². The summed E-state index contributed by atoms with van der Waals surface area (Å²) in [5.41, 5.74) is 20.2. The zero-order valence-electron chi connectivity index (χ0n) is 27.5. The molecular weight excluding hydrogens is 735 g/mol. The number of oxazole rings is 1. The fraction of sp³-hybridized carbons (Fsp3) is 0.303. The van der Waals surface area contributed by atoms with Crippen LogP contribution >= 0.6 is 22.6 Å². The number of nitrogens with two attached hydrogens (primary N) is 2. The van der Waals surface area contributed by atoms with Crippen molar-refractivity contribution in [3.8, 4) is 11.3 Å². The molecule has 2 saturated heterocycles. The predicted molar refractivity (Wildman–Crippen MR) is 197 cm³/mol. The number of rotatable bonds is 5. The van der Waals surface area contributed by atoms with Crippen molar-refractivity contribution in [3.63, 3.8) is 0 Å². The van der Waals surface area contributed by atoms with Crippen LogP contribution in [0.5, 0.6) is 0 Å². The standard InChI is InChI=1S/C24H24N8O.C9H11IN6/c1-13-8-14(2)21-18(9-13)29-24(33-21)28-16-6-4-15(5-7-16)20-19-22(25)26-12-27-23(19)32(30-20)17-10-31(3)11-17;1-15-2-5(3-15)16-9-6(7(10)14-16)8(11)12-4-13-9/h4-9,12,17H,10-11H2,1-3H3,(H,28,29)(H2,25,26,27);4-5H,2-3H2,1H3,(H2,11,12,13). The third kappa shape index (κ3) is 5.68. The number of hydrogen-bond donors (Lipinski definition) is 3. The van der Waals surface area contributed by atoms with E-state index in [1.54, 1.807) is 0 Å². The van der Waals surface area contributed by atoms with Gasteiger partial charge in [-0.15, -0.1) is 0 Å². The van der Waals surface area contributed by atoms with E-state index < -0.39 is 0 Å². The monoisotopic (exact) mass is 770 g/mol. The molecule has 0 amide bonds. The molecule has 5 N–H and O–H groups in total. The summed E-state index contributed by atoms with van der Waals surface area (Å²) in [7, 11) is 4.19. The summed E-state index contributed by atoms with van der Waals surface area (Å²) in [5, 5.41) is 14.3. The van der Waals surface area contributed by atoms with E-state index in [0.717, 1.165) is 91.1 Å². The number of nitrogens with zero attached hydrogens (tertiary/aromatic N) is 11. The maximum atomic E-state index is 6.24. The zero-order valence-corrected chi connectivity index (χ0v) is 29.6. The van der Waals surface area contributed by atoms with Crippen LogP contribution in [0.15, 0.2) is 53.5 Å². The molecule has 15 nitrogen and oxygen atoms in total. The Morgan fingerprint density at radius 3 is 2.02 bits per heavy atom. The lowest BCUT2D eigenvalue weighted by molar-refractivity contribution is 0.133. The Labute approximate surface area is 294 Å². The number of nitrogens with one attached hydrogen (secondary N) is 1. The molecule has 0 aliphatic carbocycles. The van der Waals surface area contributed by atoms with Crippen LogP contribution in [0.3, 0.4) is 0 Å². The first kappa shape index (κ1) is 31.3. The highest BCUT2D eigenvalue weighted by molar-refractivity contribution is 14.1. The van der Waals surface area contributed by atoms with Gasteiger partial charge in [0.2, 0.25) is 0 Å². The van der Waals surface area contributed by atoms with Crippen molar-refractivity contribution in [2.24, 2.45) is 0 Å². The molecule has 7 heterocycles. The largest absolute Gasteiger partial charge is 0.423 e. The molecule has 7 aromatic rings. The Morgan fingerprint density at radius 1 is 0.796 bits per heavy atom. The van der Waals surface area contributed by atoms with Gasteiger partial charge in [0.05, 0.1) is 22.9 Å². The molecule has 250 valence electrons. The van der Waals surface area contributed by atoms with Crippen molar-refractivity contribution in [2.45, 2.75) is 25.9 Å². The van der Waals surface area contributed by atoms with Gasteiger partial charge in [0.1, 0.15) is 39.2 Å². The first-order valence-corrected chi connectivity index (χ1v) is 17.0. The van der Waals surface area contributed by atoms with Gasteiger partial charge in [0.25, 0.3) is 6.01 Å². The van der Waals surface area contributed by atoms with E-state index in [0.29, 0.717) is 23.7 Å². The van der Waals surface area contributed by atoms with Crippen molar-refractivity contribution < 1.29 is 4.42 Å². The maximum Gasteiger partial charge on any atom is 0.300 e. The van der Waals surface area contributed by atoms with Crippen molar-refractivity contribution in [2.75, 3.05) is 57.1 Å². The van der Waals surface area contributed by atoms with Crippen LogP contribution in [0.2, 0.25) is 0 Å². The second-order valence-corrected chi connectivity index (χ2v) is 13.9. The number of anilines is 4. The summed E-state index contributed by atoms with van der Waals surface area (Å²) in [4.78, 5) is 26.0. The lowest BCUT2D eigenvalue weighted by Gasteiger charge is -2.36. The Bertz CT molecular complexity index is 2330. The summed E-state index contributed by atoms with van der Waals surface area (Å²) in [6.07, 6.45) is 2.99. The normalized spacial score (nSPS) is 15.8. The van der Waals surface area contributed by atoms with Crippen LogP contribution in [0.1, 0.15) is 23.2 Å². The van der Waals surface area contributed by atoms with Crippen molar-refractivity contribution in [1.29, 1.82) is 0 Å². The summed E-state index contributed by atoms with van der Waals surface area (Å²) >= 11 is 2.18. The van der Waals surface area contributed by atoms with Gasteiger partial charge in [-0.05, 0) is 79.9 Å². The lowest BCUT2D eigenvalue weighted by atomic mass is 10.1. The molecule has 16 heteroatoms. The number of hydrogen-bond acceptors (Lipinski definition) is 13. The number of nitrogen functional groups attached to an aromatic ring is 2. The highest BCUT2D eigenvalue weighted by Gasteiger charge is 2.30. The average molecular weight is 771 g/mol. The van der Waals surface area contributed by atoms with Gasteiger partial charge in [0, 0.05) is 37.4 Å². The molecule has 0 spiro atoms. The number of halogens is 1. The number of likely N-dealkylation sites (tertiary alicyclic amines) is 2. The molecule has 0 radical (unpaired) electrons. The highest BCUT2D eigenvalue weighted by atomic mass is 127. The molecule has 0 atom stereocenters. The summed E-state index contributed by atoms with van der Waals surface area (Å²) in [5.74, 6) is 0.946. The second-order valence-electron chi connectivity index (χ2n) is 12.8. The van der Waals surface area contributed by atoms with E-state index in [1.807, 2.05) is 46.6 Å². The number of benzene rings is 2. The Morgan fingerprint density at radius 2 is 1.39 bits per heavy atom. The minimum atomic E-state index is 0.285. The molecular formula is C33H35IN14O. The molecule has 9 rings (SSSR count). The molecule has 0 bridgehead atoms. The van der Waals surface area contributed by atoms with E-state index in [4.69, 9.17) is 21.0 Å². The third-order valence-electron chi connectivity index (χ3n) is 9.00. The molecule has 2 fully saturated rings. The third-order valence-corrected chi connectivity index (χ3v) is 9.76. The zero-order chi connectivity index (χ0) is 34.0. The molecule has 2 aromatic carbocycles. The first-order chi connectivity index (χ1) is 23.6. The first-order valence-electron chi connectivity index (χ1n) is 15.9. The van der Waals surface area contributed by atoms with Gasteiger partial charge in [-0.3, -0.25) is 0 Å². The van der Waals surface area contributed by atoms with Crippen LogP contribution < -0.4 is 16.8 Å². The van der Waals surface area contributed by atoms with E-state index in [9.17, 15) is 0 Å². The quantitative estimate of drug-likeness (QED) is 0.207. The molecule has 0 saturated carbocycles. The van der Waals surface area contributed by atoms with Crippen LogP contribution in [-0.2, 0) is 0 Å². The summed E-state index contributed by atoms with van der Waals surface area (Å²) < 4.78 is 10.8. The van der Waals surface area contributed by atoms with Crippen LogP contribution in [0.4, 0.5) is 23.3 Å². The fourth-order valence-corrected chi connectivity index (χ4v) is 7.32. The van der Waals surface area contributed by atoms with Crippen molar-refractivity contribution in [3.05, 3.63) is 63.9 Å². The minimum Gasteiger partial charge on any atom is -0.423 e. The SMILES string of the molecule is CN1CC(n2nc(I)c3c(N)ncnc32)C1.Cc1cc(C)c2oc(Nc3ccc(-c4nn(C5CN(C)C5)c5ncnc(N)c45)cc3)nc2c1. The molecule has 49 heavy (non-hydrogen) atoms. The average Bonchev–Trinajstić information content (AvgIpc) is 3.73. The highest BCUT2D eigenvalue weighted by Crippen LogP contribution is 2.35. The number of fused-ring (bicyclic) bond motifs is 3. The Kier molecular flexibility index (Phi) is 7.79.